The smallest absolute Gasteiger partial charge is 0.258 e. The Morgan fingerprint density at radius 2 is 2.17 bits per heavy atom. The van der Waals surface area contributed by atoms with Crippen molar-refractivity contribution >= 4 is 44.0 Å². The lowest BCUT2D eigenvalue weighted by Gasteiger charge is -2.11. The van der Waals surface area contributed by atoms with Crippen LogP contribution in [0.3, 0.4) is 0 Å². The zero-order valence-corrected chi connectivity index (χ0v) is 15.5. The predicted octanol–water partition coefficient (Wildman–Crippen LogP) is 2.63. The van der Waals surface area contributed by atoms with Crippen molar-refractivity contribution in [1.29, 1.82) is 0 Å². The highest BCUT2D eigenvalue weighted by Gasteiger charge is 2.29. The highest BCUT2D eigenvalue weighted by molar-refractivity contribution is 8.02. The molecule has 1 aromatic carbocycles. The molecule has 1 aliphatic heterocycles. The summed E-state index contributed by atoms with van der Waals surface area (Å²) in [4.78, 5) is 13.3. The average molecular weight is 384 g/mol. The van der Waals surface area contributed by atoms with E-state index in [1.54, 1.807) is 12.1 Å². The van der Waals surface area contributed by atoms with Crippen LogP contribution in [0.5, 0.6) is 0 Å². The van der Waals surface area contributed by atoms with Crippen LogP contribution in [0, 0.1) is 0 Å². The zero-order chi connectivity index (χ0) is 17.2. The summed E-state index contributed by atoms with van der Waals surface area (Å²) < 4.78 is 23.2. The number of amides is 1. The molecule has 0 saturated carbocycles. The SMILES string of the molecule is CCc1nnc(NC(=O)c2ccccc2S[C@H]2CCS(=O)(=O)C2)s1. The van der Waals surface area contributed by atoms with Gasteiger partial charge in [-0.15, -0.1) is 22.0 Å². The maximum absolute atomic E-state index is 12.5. The molecule has 0 bridgehead atoms. The Bertz CT molecular complexity index is 848. The van der Waals surface area contributed by atoms with Gasteiger partial charge in [0.2, 0.25) is 5.13 Å². The summed E-state index contributed by atoms with van der Waals surface area (Å²) in [6.45, 7) is 1.98. The van der Waals surface area contributed by atoms with Gasteiger partial charge in [0.05, 0.1) is 17.1 Å². The molecule has 0 spiro atoms. The lowest BCUT2D eigenvalue weighted by Crippen LogP contribution is -2.14. The summed E-state index contributed by atoms with van der Waals surface area (Å²) >= 11 is 2.81. The molecule has 0 unspecified atom stereocenters. The van der Waals surface area contributed by atoms with E-state index < -0.39 is 9.84 Å². The Kier molecular flexibility index (Phi) is 5.21. The van der Waals surface area contributed by atoms with Crippen molar-refractivity contribution < 1.29 is 13.2 Å². The number of carbonyl (C=O) groups excluding carboxylic acids is 1. The van der Waals surface area contributed by atoms with Crippen LogP contribution in [0.4, 0.5) is 5.13 Å². The monoisotopic (exact) mass is 383 g/mol. The molecule has 1 amide bonds. The molecule has 0 aliphatic carbocycles. The molecular weight excluding hydrogens is 366 g/mol. The second kappa shape index (κ2) is 7.20. The van der Waals surface area contributed by atoms with Gasteiger partial charge >= 0.3 is 0 Å². The molecule has 2 heterocycles. The van der Waals surface area contributed by atoms with Gasteiger partial charge in [-0.25, -0.2) is 8.42 Å². The first-order chi connectivity index (χ1) is 11.5. The van der Waals surface area contributed by atoms with Crippen LogP contribution < -0.4 is 5.32 Å². The minimum Gasteiger partial charge on any atom is -0.296 e. The fraction of sp³-hybridized carbons (Fsp3) is 0.400. The van der Waals surface area contributed by atoms with E-state index in [4.69, 9.17) is 0 Å². The lowest BCUT2D eigenvalue weighted by molar-refractivity contribution is 0.102. The number of hydrogen-bond donors (Lipinski definition) is 1. The largest absolute Gasteiger partial charge is 0.296 e. The van der Waals surface area contributed by atoms with E-state index in [0.29, 0.717) is 17.1 Å². The Balaban J connectivity index is 1.74. The van der Waals surface area contributed by atoms with Crippen LogP contribution in [0.2, 0.25) is 0 Å². The molecule has 1 aromatic heterocycles. The maximum Gasteiger partial charge on any atom is 0.258 e. The van der Waals surface area contributed by atoms with Crippen molar-refractivity contribution in [1.82, 2.24) is 10.2 Å². The lowest BCUT2D eigenvalue weighted by atomic mass is 10.2. The number of aromatic nitrogens is 2. The molecule has 24 heavy (non-hydrogen) atoms. The van der Waals surface area contributed by atoms with E-state index in [2.05, 4.69) is 15.5 Å². The number of anilines is 1. The molecule has 1 fully saturated rings. The van der Waals surface area contributed by atoms with E-state index in [1.807, 2.05) is 19.1 Å². The second-order valence-electron chi connectivity index (χ2n) is 5.45. The Labute approximate surface area is 149 Å². The number of benzene rings is 1. The number of rotatable bonds is 5. The highest BCUT2D eigenvalue weighted by atomic mass is 32.2. The second-order valence-corrected chi connectivity index (χ2v) is 10.1. The van der Waals surface area contributed by atoms with Crippen molar-refractivity contribution in [2.24, 2.45) is 0 Å². The minimum atomic E-state index is -2.94. The van der Waals surface area contributed by atoms with Crippen molar-refractivity contribution in [2.45, 2.75) is 29.9 Å². The van der Waals surface area contributed by atoms with E-state index in [0.717, 1.165) is 16.3 Å². The van der Waals surface area contributed by atoms with Gasteiger partial charge in [0.25, 0.3) is 5.91 Å². The number of hydrogen-bond acceptors (Lipinski definition) is 7. The molecule has 1 atom stereocenters. The van der Waals surface area contributed by atoms with Gasteiger partial charge < -0.3 is 0 Å². The summed E-state index contributed by atoms with van der Waals surface area (Å²) in [5, 5.41) is 12.0. The van der Waals surface area contributed by atoms with Crippen molar-refractivity contribution in [2.75, 3.05) is 16.8 Å². The van der Waals surface area contributed by atoms with E-state index >= 15 is 0 Å². The normalized spacial score (nSPS) is 19.3. The van der Waals surface area contributed by atoms with Crippen molar-refractivity contribution in [3.05, 3.63) is 34.8 Å². The van der Waals surface area contributed by atoms with Crippen LogP contribution in [-0.2, 0) is 16.3 Å². The van der Waals surface area contributed by atoms with Gasteiger partial charge in [0, 0.05) is 10.1 Å². The van der Waals surface area contributed by atoms with Gasteiger partial charge in [0.1, 0.15) is 5.01 Å². The maximum atomic E-state index is 12.5. The van der Waals surface area contributed by atoms with Gasteiger partial charge in [0.15, 0.2) is 9.84 Å². The highest BCUT2D eigenvalue weighted by Crippen LogP contribution is 2.33. The van der Waals surface area contributed by atoms with Gasteiger partial charge in [-0.05, 0) is 25.0 Å². The number of carbonyl (C=O) groups is 1. The molecule has 1 aliphatic rings. The summed E-state index contributed by atoms with van der Waals surface area (Å²) in [5.74, 6) is 0.144. The van der Waals surface area contributed by atoms with E-state index in [9.17, 15) is 13.2 Å². The van der Waals surface area contributed by atoms with Crippen molar-refractivity contribution in [3.8, 4) is 0 Å². The summed E-state index contributed by atoms with van der Waals surface area (Å²) in [7, 11) is -2.94. The summed E-state index contributed by atoms with van der Waals surface area (Å²) in [5.41, 5.74) is 0.528. The van der Waals surface area contributed by atoms with Gasteiger partial charge in [-0.1, -0.05) is 30.4 Å². The predicted molar refractivity (Wildman–Crippen MR) is 96.6 cm³/mol. The van der Waals surface area contributed by atoms with Crippen LogP contribution in [0.1, 0.15) is 28.7 Å². The number of aryl methyl sites for hydroxylation is 1. The Hall–Kier alpha value is -1.45. The first-order valence-electron chi connectivity index (χ1n) is 7.56. The van der Waals surface area contributed by atoms with E-state index in [1.165, 1.54) is 23.1 Å². The standard InChI is InChI=1S/C15H17N3O3S3/c1-2-13-17-18-15(23-13)16-14(19)11-5-3-4-6-12(11)22-10-7-8-24(20,21)9-10/h3-6,10H,2,7-9H2,1H3,(H,16,18,19)/t10-/m0/s1. The van der Waals surface area contributed by atoms with Crippen LogP contribution in [0.15, 0.2) is 29.2 Å². The molecule has 128 valence electrons. The third-order valence-corrected chi connectivity index (χ3v) is 7.91. The third kappa shape index (κ3) is 4.14. The Morgan fingerprint density at radius 3 is 2.83 bits per heavy atom. The fourth-order valence-corrected chi connectivity index (χ4v) is 6.70. The molecule has 6 nitrogen and oxygen atoms in total. The summed E-state index contributed by atoms with van der Waals surface area (Å²) in [6, 6.07) is 7.23. The van der Waals surface area contributed by atoms with Crippen LogP contribution in [0.25, 0.3) is 0 Å². The molecule has 1 N–H and O–H groups in total. The molecule has 3 rings (SSSR count). The van der Waals surface area contributed by atoms with Gasteiger partial charge in [-0.2, -0.15) is 0 Å². The Morgan fingerprint density at radius 1 is 1.38 bits per heavy atom. The first kappa shape index (κ1) is 17.4. The number of thioether (sulfide) groups is 1. The molecular formula is C15H17N3O3S3. The number of sulfone groups is 1. The minimum absolute atomic E-state index is 0.00262. The first-order valence-corrected chi connectivity index (χ1v) is 11.1. The number of nitrogens with zero attached hydrogens (tertiary/aromatic N) is 2. The summed E-state index contributed by atoms with van der Waals surface area (Å²) in [6.07, 6.45) is 1.40. The van der Waals surface area contributed by atoms with Crippen molar-refractivity contribution in [3.63, 3.8) is 0 Å². The molecule has 9 heteroatoms. The topological polar surface area (TPSA) is 89.0 Å². The molecule has 1 saturated heterocycles. The van der Waals surface area contributed by atoms with Gasteiger partial charge in [-0.3, -0.25) is 10.1 Å². The van der Waals surface area contributed by atoms with E-state index in [-0.39, 0.29) is 22.7 Å². The average Bonchev–Trinajstić information content (AvgIpc) is 3.13. The molecule has 0 radical (unpaired) electrons. The fourth-order valence-electron chi connectivity index (χ4n) is 2.40. The van der Waals surface area contributed by atoms with Crippen LogP contribution in [-0.4, -0.2) is 41.3 Å². The third-order valence-electron chi connectivity index (χ3n) is 3.61. The molecule has 2 aromatic rings. The zero-order valence-electron chi connectivity index (χ0n) is 13.1. The number of nitrogens with one attached hydrogen (secondary N) is 1. The quantitative estimate of drug-likeness (QED) is 0.854. The van der Waals surface area contributed by atoms with Crippen LogP contribution >= 0.6 is 23.1 Å².